The van der Waals surface area contributed by atoms with Gasteiger partial charge in [0.1, 0.15) is 0 Å². The first-order valence-corrected chi connectivity index (χ1v) is 9.19. The topological polar surface area (TPSA) is 55.0 Å². The molecular weight excluding hydrogens is 348 g/mol. The van der Waals surface area contributed by atoms with Crippen LogP contribution in [0, 0.1) is 25.2 Å². The number of allylic oxidation sites excluding steroid dienone is 1. The van der Waals surface area contributed by atoms with Crippen molar-refractivity contribution in [3.63, 3.8) is 0 Å². The fourth-order valence-corrected chi connectivity index (χ4v) is 3.27. The van der Waals surface area contributed by atoms with Crippen LogP contribution in [0.5, 0.6) is 0 Å². The zero-order valence-electron chi connectivity index (χ0n) is 16.3. The second-order valence-electron chi connectivity index (χ2n) is 6.47. The molecule has 2 aromatic carbocycles. The second-order valence-corrected chi connectivity index (χ2v) is 6.47. The van der Waals surface area contributed by atoms with E-state index in [0.29, 0.717) is 17.7 Å². The average molecular weight is 370 g/mol. The third-order valence-corrected chi connectivity index (χ3v) is 4.59. The van der Waals surface area contributed by atoms with Crippen LogP contribution < -0.4 is 0 Å². The molecule has 0 saturated carbocycles. The van der Waals surface area contributed by atoms with Gasteiger partial charge in [-0.3, -0.25) is 0 Å². The predicted molar refractivity (Wildman–Crippen MR) is 111 cm³/mol. The van der Waals surface area contributed by atoms with Gasteiger partial charge in [-0.25, -0.2) is 4.79 Å². The highest BCUT2D eigenvalue weighted by Crippen LogP contribution is 2.26. The molecule has 4 heteroatoms. The minimum atomic E-state index is -0.331. The van der Waals surface area contributed by atoms with Crippen LogP contribution in [0.3, 0.4) is 0 Å². The molecule has 3 rings (SSSR count). The SMILES string of the molecule is CCOC(=O)c1cccc(-n2c(C)cc(C=C(C#N)c3ccccc3)c2C)c1. The van der Waals surface area contributed by atoms with Gasteiger partial charge in [0.05, 0.1) is 23.8 Å². The summed E-state index contributed by atoms with van der Waals surface area (Å²) in [6.45, 7) is 6.15. The Balaban J connectivity index is 2.04. The molecule has 4 nitrogen and oxygen atoms in total. The van der Waals surface area contributed by atoms with Gasteiger partial charge in [-0.2, -0.15) is 5.26 Å². The number of esters is 1. The summed E-state index contributed by atoms with van der Waals surface area (Å²) in [5.41, 5.74) is 5.90. The fourth-order valence-electron chi connectivity index (χ4n) is 3.27. The molecule has 0 amide bonds. The second kappa shape index (κ2) is 8.41. The predicted octanol–water partition coefficient (Wildman–Crippen LogP) is 5.34. The molecule has 140 valence electrons. The monoisotopic (exact) mass is 370 g/mol. The van der Waals surface area contributed by atoms with Crippen molar-refractivity contribution in [2.24, 2.45) is 0 Å². The molecule has 0 atom stereocenters. The van der Waals surface area contributed by atoms with E-state index in [0.717, 1.165) is 28.2 Å². The summed E-state index contributed by atoms with van der Waals surface area (Å²) in [6.07, 6.45) is 1.91. The number of nitrogens with zero attached hydrogens (tertiary/aromatic N) is 2. The fraction of sp³-hybridized carbons (Fsp3) is 0.167. The first-order valence-electron chi connectivity index (χ1n) is 9.19. The van der Waals surface area contributed by atoms with Gasteiger partial charge in [0.15, 0.2) is 0 Å². The van der Waals surface area contributed by atoms with E-state index in [2.05, 4.69) is 10.6 Å². The smallest absolute Gasteiger partial charge is 0.338 e. The molecule has 0 aliphatic carbocycles. The van der Waals surface area contributed by atoms with Crippen LogP contribution in [0.1, 0.15) is 39.8 Å². The zero-order chi connectivity index (χ0) is 20.1. The normalized spacial score (nSPS) is 11.1. The molecule has 0 N–H and O–H groups in total. The Hall–Kier alpha value is -3.58. The standard InChI is InChI=1S/C24H22N2O2/c1-4-28-24(27)20-11-8-12-23(15-20)26-17(2)13-21(18(26)3)14-22(16-25)19-9-6-5-7-10-19/h5-15H,4H2,1-3H3. The van der Waals surface area contributed by atoms with Gasteiger partial charge in [-0.15, -0.1) is 0 Å². The minimum absolute atomic E-state index is 0.331. The minimum Gasteiger partial charge on any atom is -0.462 e. The highest BCUT2D eigenvalue weighted by Gasteiger charge is 2.13. The van der Waals surface area contributed by atoms with Crippen LogP contribution in [0.25, 0.3) is 17.3 Å². The van der Waals surface area contributed by atoms with Gasteiger partial charge in [0, 0.05) is 17.1 Å². The summed E-state index contributed by atoms with van der Waals surface area (Å²) in [5.74, 6) is -0.331. The summed E-state index contributed by atoms with van der Waals surface area (Å²) >= 11 is 0. The van der Waals surface area contributed by atoms with E-state index in [1.165, 1.54) is 0 Å². The van der Waals surface area contributed by atoms with Crippen molar-refractivity contribution in [1.82, 2.24) is 4.57 Å². The van der Waals surface area contributed by atoms with E-state index in [4.69, 9.17) is 4.74 Å². The van der Waals surface area contributed by atoms with E-state index in [1.54, 1.807) is 13.0 Å². The van der Waals surface area contributed by atoms with E-state index < -0.39 is 0 Å². The lowest BCUT2D eigenvalue weighted by molar-refractivity contribution is 0.0526. The Morgan fingerprint density at radius 3 is 2.46 bits per heavy atom. The van der Waals surface area contributed by atoms with Crippen LogP contribution in [0.2, 0.25) is 0 Å². The average Bonchev–Trinajstić information content (AvgIpc) is 3.00. The van der Waals surface area contributed by atoms with Crippen molar-refractivity contribution in [2.75, 3.05) is 6.61 Å². The lowest BCUT2D eigenvalue weighted by Gasteiger charge is -2.11. The van der Waals surface area contributed by atoms with Crippen LogP contribution in [0.4, 0.5) is 0 Å². The van der Waals surface area contributed by atoms with Crippen LogP contribution in [-0.4, -0.2) is 17.1 Å². The van der Waals surface area contributed by atoms with Crippen molar-refractivity contribution in [3.8, 4) is 11.8 Å². The maximum atomic E-state index is 12.1. The van der Waals surface area contributed by atoms with Gasteiger partial charge < -0.3 is 9.30 Å². The van der Waals surface area contributed by atoms with Crippen molar-refractivity contribution < 1.29 is 9.53 Å². The molecule has 0 bridgehead atoms. The number of hydrogen-bond donors (Lipinski definition) is 0. The van der Waals surface area contributed by atoms with E-state index in [-0.39, 0.29) is 5.97 Å². The molecule has 0 aliphatic heterocycles. The largest absolute Gasteiger partial charge is 0.462 e. The number of rotatable bonds is 5. The number of aromatic nitrogens is 1. The molecular formula is C24H22N2O2. The molecule has 0 saturated heterocycles. The van der Waals surface area contributed by atoms with Crippen LogP contribution in [0.15, 0.2) is 60.7 Å². The van der Waals surface area contributed by atoms with E-state index in [9.17, 15) is 10.1 Å². The molecule has 0 fully saturated rings. The van der Waals surface area contributed by atoms with Gasteiger partial charge in [-0.05, 0) is 62.2 Å². The first-order chi connectivity index (χ1) is 13.5. The summed E-state index contributed by atoms with van der Waals surface area (Å²) < 4.78 is 7.18. The molecule has 1 aromatic heterocycles. The molecule has 0 radical (unpaired) electrons. The van der Waals surface area contributed by atoms with E-state index in [1.807, 2.05) is 74.5 Å². The number of carbonyl (C=O) groups excluding carboxylic acids is 1. The summed E-state index contributed by atoms with van der Waals surface area (Å²) in [7, 11) is 0. The first kappa shape index (κ1) is 19.2. The summed E-state index contributed by atoms with van der Waals surface area (Å²) in [5, 5.41) is 9.60. The number of benzene rings is 2. The van der Waals surface area contributed by atoms with Crippen LogP contribution >= 0.6 is 0 Å². The van der Waals surface area contributed by atoms with Crippen molar-refractivity contribution >= 4 is 17.6 Å². The lowest BCUT2D eigenvalue weighted by Crippen LogP contribution is -2.06. The number of carbonyl (C=O) groups is 1. The van der Waals surface area contributed by atoms with Crippen molar-refractivity contribution in [2.45, 2.75) is 20.8 Å². The van der Waals surface area contributed by atoms with Gasteiger partial charge >= 0.3 is 5.97 Å². The van der Waals surface area contributed by atoms with Crippen LogP contribution in [-0.2, 0) is 4.74 Å². The van der Waals surface area contributed by atoms with E-state index >= 15 is 0 Å². The Morgan fingerprint density at radius 1 is 1.07 bits per heavy atom. The molecule has 1 heterocycles. The lowest BCUT2D eigenvalue weighted by atomic mass is 10.0. The Bertz CT molecular complexity index is 1070. The Labute approximate surface area is 165 Å². The maximum Gasteiger partial charge on any atom is 0.338 e. The summed E-state index contributed by atoms with van der Waals surface area (Å²) in [6, 6.07) is 21.4. The molecule has 3 aromatic rings. The maximum absolute atomic E-state index is 12.1. The zero-order valence-corrected chi connectivity index (χ0v) is 16.3. The molecule has 28 heavy (non-hydrogen) atoms. The van der Waals surface area contributed by atoms with Crippen molar-refractivity contribution in [3.05, 3.63) is 88.7 Å². The van der Waals surface area contributed by atoms with Gasteiger partial charge in [-0.1, -0.05) is 36.4 Å². The highest BCUT2D eigenvalue weighted by atomic mass is 16.5. The number of ether oxygens (including phenoxy) is 1. The molecule has 0 unspecified atom stereocenters. The number of aryl methyl sites for hydroxylation is 1. The van der Waals surface area contributed by atoms with Gasteiger partial charge in [0.25, 0.3) is 0 Å². The number of nitriles is 1. The number of hydrogen-bond acceptors (Lipinski definition) is 3. The molecule has 0 spiro atoms. The summed E-state index contributed by atoms with van der Waals surface area (Å²) in [4.78, 5) is 12.1. The highest BCUT2D eigenvalue weighted by molar-refractivity contribution is 5.91. The quantitative estimate of drug-likeness (QED) is 0.450. The van der Waals surface area contributed by atoms with Crippen molar-refractivity contribution in [1.29, 1.82) is 5.26 Å². The third-order valence-electron chi connectivity index (χ3n) is 4.59. The Morgan fingerprint density at radius 2 is 1.79 bits per heavy atom. The Kier molecular flexibility index (Phi) is 5.76. The molecule has 0 aliphatic rings. The van der Waals surface area contributed by atoms with Gasteiger partial charge in [0.2, 0.25) is 0 Å². The third kappa shape index (κ3) is 3.89.